The van der Waals surface area contributed by atoms with Crippen molar-refractivity contribution in [1.29, 1.82) is 0 Å². The van der Waals surface area contributed by atoms with E-state index in [2.05, 4.69) is 52.0 Å². The molecule has 0 spiro atoms. The summed E-state index contributed by atoms with van der Waals surface area (Å²) < 4.78 is 0. The third-order valence-electron chi connectivity index (χ3n) is 4.93. The van der Waals surface area contributed by atoms with E-state index < -0.39 is 0 Å². The molecule has 0 bridgehead atoms. The zero-order chi connectivity index (χ0) is 16.3. The van der Waals surface area contributed by atoms with E-state index >= 15 is 0 Å². The van der Waals surface area contributed by atoms with E-state index in [-0.39, 0.29) is 0 Å². The van der Waals surface area contributed by atoms with E-state index in [0.29, 0.717) is 17.6 Å². The number of rotatable bonds is 5. The number of aromatic hydroxyl groups is 1. The lowest BCUT2D eigenvalue weighted by atomic mass is 9.85. The molecule has 0 amide bonds. The normalized spacial score (nSPS) is 13.9. The van der Waals surface area contributed by atoms with E-state index in [1.54, 1.807) is 0 Å². The lowest BCUT2D eigenvalue weighted by Crippen LogP contribution is -2.13. The molecule has 2 rings (SSSR count). The maximum Gasteiger partial charge on any atom is 0.118 e. The minimum atomic E-state index is 0.409. The van der Waals surface area contributed by atoms with Crippen LogP contribution in [0.15, 0.2) is 36.4 Å². The van der Waals surface area contributed by atoms with Crippen molar-refractivity contribution in [3.63, 3.8) is 0 Å². The number of hydrogen-bond donors (Lipinski definition) is 1. The molecule has 1 N–H and O–H groups in total. The Hall–Kier alpha value is -1.76. The average molecular weight is 296 g/mol. The van der Waals surface area contributed by atoms with Gasteiger partial charge in [-0.25, -0.2) is 0 Å². The molecule has 0 saturated carbocycles. The Labute approximate surface area is 135 Å². The van der Waals surface area contributed by atoms with Gasteiger partial charge in [-0.3, -0.25) is 0 Å². The molecule has 1 heteroatoms. The van der Waals surface area contributed by atoms with Gasteiger partial charge in [0.05, 0.1) is 0 Å². The van der Waals surface area contributed by atoms with Crippen LogP contribution >= 0.6 is 0 Å². The molecule has 0 aliphatic rings. The average Bonchev–Trinajstić information content (AvgIpc) is 2.46. The Kier molecular flexibility index (Phi) is 5.28. The van der Waals surface area contributed by atoms with Gasteiger partial charge in [-0.15, -0.1) is 0 Å². The first kappa shape index (κ1) is 16.6. The number of phenolic OH excluding ortho intramolecular Hbond substituents is 1. The first-order valence-corrected chi connectivity index (χ1v) is 8.21. The number of benzene rings is 2. The molecule has 0 heterocycles. The smallest absolute Gasteiger partial charge is 0.118 e. The molecule has 2 aromatic carbocycles. The van der Waals surface area contributed by atoms with Crippen LogP contribution < -0.4 is 0 Å². The molecule has 0 saturated heterocycles. The van der Waals surface area contributed by atoms with Gasteiger partial charge in [0.1, 0.15) is 5.75 Å². The third-order valence-corrected chi connectivity index (χ3v) is 4.93. The zero-order valence-corrected chi connectivity index (χ0v) is 14.5. The van der Waals surface area contributed by atoms with Gasteiger partial charge in [-0.2, -0.15) is 0 Å². The molecule has 22 heavy (non-hydrogen) atoms. The highest BCUT2D eigenvalue weighted by atomic mass is 16.3. The highest BCUT2D eigenvalue weighted by Crippen LogP contribution is 2.25. The maximum absolute atomic E-state index is 9.84. The lowest BCUT2D eigenvalue weighted by Gasteiger charge is -2.21. The van der Waals surface area contributed by atoms with Gasteiger partial charge in [0.25, 0.3) is 0 Å². The minimum Gasteiger partial charge on any atom is -0.508 e. The standard InChI is InChI=1S/C21H28O/c1-14-6-8-19(10-16(14)3)11-17(4)18(5)12-20-9-7-15(2)21(22)13-20/h6-10,13,17-18,22H,11-12H2,1-5H3. The molecule has 118 valence electrons. The lowest BCUT2D eigenvalue weighted by molar-refractivity contribution is 0.382. The first-order chi connectivity index (χ1) is 10.4. The predicted octanol–water partition coefficient (Wildman–Crippen LogP) is 5.37. The van der Waals surface area contributed by atoms with Crippen molar-refractivity contribution in [1.82, 2.24) is 0 Å². The molecular formula is C21H28O. The van der Waals surface area contributed by atoms with Crippen LogP contribution in [0.5, 0.6) is 5.75 Å². The van der Waals surface area contributed by atoms with Crippen molar-refractivity contribution >= 4 is 0 Å². The van der Waals surface area contributed by atoms with Gasteiger partial charge in [0, 0.05) is 0 Å². The van der Waals surface area contributed by atoms with Gasteiger partial charge in [-0.1, -0.05) is 44.2 Å². The molecule has 0 aliphatic carbocycles. The first-order valence-electron chi connectivity index (χ1n) is 8.21. The van der Waals surface area contributed by atoms with Gasteiger partial charge in [-0.05, 0) is 79.3 Å². The van der Waals surface area contributed by atoms with Crippen LogP contribution in [-0.2, 0) is 12.8 Å². The Morgan fingerprint density at radius 2 is 1.23 bits per heavy atom. The summed E-state index contributed by atoms with van der Waals surface area (Å²) in [7, 11) is 0. The van der Waals surface area contributed by atoms with E-state index in [1.807, 2.05) is 19.1 Å². The zero-order valence-electron chi connectivity index (χ0n) is 14.5. The summed E-state index contributed by atoms with van der Waals surface area (Å²) in [5.41, 5.74) is 6.33. The van der Waals surface area contributed by atoms with Gasteiger partial charge in [0.2, 0.25) is 0 Å². The van der Waals surface area contributed by atoms with Crippen molar-refractivity contribution in [3.8, 4) is 5.75 Å². The monoisotopic (exact) mass is 296 g/mol. The fourth-order valence-electron chi connectivity index (χ4n) is 2.86. The predicted molar refractivity (Wildman–Crippen MR) is 94.5 cm³/mol. The van der Waals surface area contributed by atoms with Crippen LogP contribution in [0.1, 0.15) is 41.7 Å². The van der Waals surface area contributed by atoms with Gasteiger partial charge < -0.3 is 5.11 Å². The second-order valence-corrected chi connectivity index (χ2v) is 6.90. The molecule has 0 fully saturated rings. The molecule has 2 unspecified atom stereocenters. The fraction of sp³-hybridized carbons (Fsp3) is 0.429. The van der Waals surface area contributed by atoms with Crippen LogP contribution in [-0.4, -0.2) is 5.11 Å². The quantitative estimate of drug-likeness (QED) is 0.786. The van der Waals surface area contributed by atoms with E-state index in [1.165, 1.54) is 22.3 Å². The van der Waals surface area contributed by atoms with Crippen LogP contribution in [0.25, 0.3) is 0 Å². The summed E-state index contributed by atoms with van der Waals surface area (Å²) in [6.45, 7) is 10.9. The number of hydrogen-bond acceptors (Lipinski definition) is 1. The third kappa shape index (κ3) is 4.13. The summed E-state index contributed by atoms with van der Waals surface area (Å²) in [5, 5.41) is 9.84. The van der Waals surface area contributed by atoms with Gasteiger partial charge >= 0.3 is 0 Å². The Morgan fingerprint density at radius 3 is 1.73 bits per heavy atom. The summed E-state index contributed by atoms with van der Waals surface area (Å²) in [5.74, 6) is 1.61. The van der Waals surface area contributed by atoms with Crippen molar-refractivity contribution in [2.24, 2.45) is 11.8 Å². The maximum atomic E-state index is 9.84. The van der Waals surface area contributed by atoms with Crippen LogP contribution in [0.3, 0.4) is 0 Å². The molecule has 2 atom stereocenters. The highest BCUT2D eigenvalue weighted by Gasteiger charge is 2.14. The van der Waals surface area contributed by atoms with Crippen molar-refractivity contribution < 1.29 is 5.11 Å². The molecular weight excluding hydrogens is 268 g/mol. The summed E-state index contributed by atoms with van der Waals surface area (Å²) in [6, 6.07) is 12.8. The highest BCUT2D eigenvalue weighted by molar-refractivity contribution is 5.35. The van der Waals surface area contributed by atoms with Crippen LogP contribution in [0.4, 0.5) is 0 Å². The molecule has 0 aliphatic heterocycles. The molecule has 2 aromatic rings. The van der Waals surface area contributed by atoms with E-state index in [0.717, 1.165) is 18.4 Å². The minimum absolute atomic E-state index is 0.409. The number of phenols is 1. The second kappa shape index (κ2) is 7.00. The Bertz CT molecular complexity index is 585. The number of aryl methyl sites for hydroxylation is 3. The summed E-state index contributed by atoms with van der Waals surface area (Å²) >= 11 is 0. The van der Waals surface area contributed by atoms with Crippen LogP contribution in [0, 0.1) is 32.6 Å². The topological polar surface area (TPSA) is 20.2 Å². The fourth-order valence-corrected chi connectivity index (χ4v) is 2.86. The van der Waals surface area contributed by atoms with Gasteiger partial charge in [0.15, 0.2) is 0 Å². The van der Waals surface area contributed by atoms with Crippen LogP contribution in [0.2, 0.25) is 0 Å². The summed E-state index contributed by atoms with van der Waals surface area (Å²) in [6.07, 6.45) is 2.12. The molecule has 1 nitrogen and oxygen atoms in total. The Balaban J connectivity index is 2.00. The molecule has 0 radical (unpaired) electrons. The second-order valence-electron chi connectivity index (χ2n) is 6.90. The van der Waals surface area contributed by atoms with Crippen molar-refractivity contribution in [2.75, 3.05) is 0 Å². The van der Waals surface area contributed by atoms with E-state index in [9.17, 15) is 5.11 Å². The molecule has 0 aromatic heterocycles. The largest absolute Gasteiger partial charge is 0.508 e. The van der Waals surface area contributed by atoms with E-state index in [4.69, 9.17) is 0 Å². The Morgan fingerprint density at radius 1 is 0.727 bits per heavy atom. The van der Waals surface area contributed by atoms with Crippen molar-refractivity contribution in [2.45, 2.75) is 47.5 Å². The summed E-state index contributed by atoms with van der Waals surface area (Å²) in [4.78, 5) is 0. The van der Waals surface area contributed by atoms with Crippen molar-refractivity contribution in [3.05, 3.63) is 64.2 Å². The SMILES string of the molecule is Cc1ccc(CC(C)C(C)Cc2ccc(C)c(O)c2)cc1C.